The molecule has 104 valence electrons. The fourth-order valence-electron chi connectivity index (χ4n) is 2.67. The van der Waals surface area contributed by atoms with Gasteiger partial charge in [0.1, 0.15) is 5.82 Å². The number of nitrogens with one attached hydrogen (secondary N) is 1. The minimum Gasteiger partial charge on any atom is -0.388 e. The minimum absolute atomic E-state index is 0.0899. The summed E-state index contributed by atoms with van der Waals surface area (Å²) in [4.78, 5) is 0. The molecule has 2 aromatic rings. The quantitative estimate of drug-likeness (QED) is 0.903. The van der Waals surface area contributed by atoms with E-state index in [-0.39, 0.29) is 5.02 Å². The van der Waals surface area contributed by atoms with Gasteiger partial charge in [0.15, 0.2) is 0 Å². The summed E-state index contributed by atoms with van der Waals surface area (Å²) in [5.41, 5.74) is 3.69. The van der Waals surface area contributed by atoms with Crippen molar-refractivity contribution < 1.29 is 9.50 Å². The van der Waals surface area contributed by atoms with Gasteiger partial charge in [0.05, 0.1) is 11.1 Å². The van der Waals surface area contributed by atoms with E-state index in [1.54, 1.807) is 12.1 Å². The van der Waals surface area contributed by atoms with E-state index in [1.165, 1.54) is 11.6 Å². The Hall–Kier alpha value is -1.58. The summed E-state index contributed by atoms with van der Waals surface area (Å²) in [6.07, 6.45) is 0.570. The summed E-state index contributed by atoms with van der Waals surface area (Å²) in [5.74, 6) is -0.451. The van der Waals surface area contributed by atoms with Crippen molar-refractivity contribution in [1.82, 2.24) is 0 Å². The van der Waals surface area contributed by atoms with E-state index >= 15 is 0 Å². The van der Waals surface area contributed by atoms with Gasteiger partial charge in [0.2, 0.25) is 0 Å². The van der Waals surface area contributed by atoms with Crippen LogP contribution in [0, 0.1) is 5.82 Å². The molecule has 2 aromatic carbocycles. The second-order valence-electron chi connectivity index (χ2n) is 4.99. The molecule has 1 aliphatic heterocycles. The average Bonchev–Trinajstić information content (AvgIpc) is 2.92. The maximum absolute atomic E-state index is 13.4. The van der Waals surface area contributed by atoms with Crippen LogP contribution in [0.4, 0.5) is 10.1 Å². The largest absolute Gasteiger partial charge is 0.388 e. The SMILES string of the molecule is OC(Cc1cccc(F)c1Cl)c1cccc2c1NCC2. The van der Waals surface area contributed by atoms with Crippen LogP contribution in [0.1, 0.15) is 22.8 Å². The zero-order chi connectivity index (χ0) is 14.1. The number of benzene rings is 2. The molecule has 1 heterocycles. The minimum atomic E-state index is -0.699. The molecule has 0 saturated heterocycles. The van der Waals surface area contributed by atoms with Crippen LogP contribution in [0.25, 0.3) is 0 Å². The van der Waals surface area contributed by atoms with Crippen LogP contribution in [0.2, 0.25) is 5.02 Å². The Kier molecular flexibility index (Phi) is 3.64. The van der Waals surface area contributed by atoms with Crippen LogP contribution in [0.15, 0.2) is 36.4 Å². The van der Waals surface area contributed by atoms with E-state index in [9.17, 15) is 9.50 Å². The number of anilines is 1. The average molecular weight is 292 g/mol. The van der Waals surface area contributed by atoms with Gasteiger partial charge in [0.25, 0.3) is 0 Å². The first-order valence-electron chi connectivity index (χ1n) is 6.63. The van der Waals surface area contributed by atoms with Crippen LogP contribution in [-0.2, 0) is 12.8 Å². The van der Waals surface area contributed by atoms with Crippen molar-refractivity contribution in [3.8, 4) is 0 Å². The Morgan fingerprint density at radius 2 is 2.05 bits per heavy atom. The van der Waals surface area contributed by atoms with Crippen LogP contribution in [0.5, 0.6) is 0 Å². The number of halogens is 2. The van der Waals surface area contributed by atoms with Crippen molar-refractivity contribution in [1.29, 1.82) is 0 Å². The van der Waals surface area contributed by atoms with Gasteiger partial charge >= 0.3 is 0 Å². The van der Waals surface area contributed by atoms with E-state index in [0.29, 0.717) is 12.0 Å². The van der Waals surface area contributed by atoms with Crippen LogP contribution in [0.3, 0.4) is 0 Å². The van der Waals surface area contributed by atoms with E-state index in [0.717, 1.165) is 24.2 Å². The van der Waals surface area contributed by atoms with E-state index in [2.05, 4.69) is 11.4 Å². The molecule has 20 heavy (non-hydrogen) atoms. The summed E-state index contributed by atoms with van der Waals surface area (Å²) in [5, 5.41) is 13.8. The standard InChI is InChI=1S/C16H15ClFNO/c17-15-11(4-2-6-13(15)18)9-14(20)12-5-1-3-10-7-8-19-16(10)12/h1-6,14,19-20H,7-9H2. The van der Waals surface area contributed by atoms with Crippen LogP contribution >= 0.6 is 11.6 Å². The van der Waals surface area contributed by atoms with Gasteiger partial charge in [-0.15, -0.1) is 0 Å². The second-order valence-corrected chi connectivity index (χ2v) is 5.37. The van der Waals surface area contributed by atoms with Gasteiger partial charge in [-0.2, -0.15) is 0 Å². The van der Waals surface area contributed by atoms with Gasteiger partial charge in [-0.05, 0) is 23.6 Å². The predicted octanol–water partition coefficient (Wildman–Crippen LogP) is 3.72. The molecule has 2 nitrogen and oxygen atoms in total. The number of fused-ring (bicyclic) bond motifs is 1. The van der Waals surface area contributed by atoms with Crippen LogP contribution < -0.4 is 5.32 Å². The maximum Gasteiger partial charge on any atom is 0.142 e. The third kappa shape index (κ3) is 2.39. The molecule has 1 atom stereocenters. The summed E-state index contributed by atoms with van der Waals surface area (Å²) in [6, 6.07) is 10.6. The monoisotopic (exact) mass is 291 g/mol. The van der Waals surface area contributed by atoms with Gasteiger partial charge in [-0.3, -0.25) is 0 Å². The molecule has 0 fully saturated rings. The third-order valence-electron chi connectivity index (χ3n) is 3.68. The van der Waals surface area contributed by atoms with Gasteiger partial charge in [0, 0.05) is 24.2 Å². The molecule has 0 spiro atoms. The van der Waals surface area contributed by atoms with Crippen molar-refractivity contribution in [2.24, 2.45) is 0 Å². The lowest BCUT2D eigenvalue weighted by Gasteiger charge is -2.16. The highest BCUT2D eigenvalue weighted by atomic mass is 35.5. The molecule has 2 N–H and O–H groups in total. The molecule has 0 aromatic heterocycles. The number of para-hydroxylation sites is 1. The Labute approximate surface area is 122 Å². The molecule has 0 radical (unpaired) electrons. The lowest BCUT2D eigenvalue weighted by atomic mass is 9.98. The molecule has 4 heteroatoms. The molecule has 0 saturated carbocycles. The topological polar surface area (TPSA) is 32.3 Å². The van der Waals surface area contributed by atoms with E-state index < -0.39 is 11.9 Å². The summed E-state index contributed by atoms with van der Waals surface area (Å²) in [6.45, 7) is 0.889. The first-order chi connectivity index (χ1) is 9.66. The number of aliphatic hydroxyl groups is 1. The van der Waals surface area contributed by atoms with Crippen LogP contribution in [-0.4, -0.2) is 11.7 Å². The molecule has 0 bridgehead atoms. The Balaban J connectivity index is 1.89. The zero-order valence-electron chi connectivity index (χ0n) is 10.9. The zero-order valence-corrected chi connectivity index (χ0v) is 11.6. The molecule has 1 unspecified atom stereocenters. The lowest BCUT2D eigenvalue weighted by Crippen LogP contribution is -2.06. The van der Waals surface area contributed by atoms with Crippen molar-refractivity contribution in [3.05, 3.63) is 63.9 Å². The Bertz CT molecular complexity index is 644. The molecule has 3 rings (SSSR count). The molecular formula is C16H15ClFNO. The summed E-state index contributed by atoms with van der Waals surface area (Å²) < 4.78 is 13.4. The van der Waals surface area contributed by atoms with E-state index in [1.807, 2.05) is 12.1 Å². The van der Waals surface area contributed by atoms with E-state index in [4.69, 9.17) is 11.6 Å². The smallest absolute Gasteiger partial charge is 0.142 e. The molecular weight excluding hydrogens is 277 g/mol. The molecule has 1 aliphatic rings. The lowest BCUT2D eigenvalue weighted by molar-refractivity contribution is 0.179. The first-order valence-corrected chi connectivity index (χ1v) is 7.01. The molecule has 0 aliphatic carbocycles. The molecule has 0 amide bonds. The maximum atomic E-state index is 13.4. The highest BCUT2D eigenvalue weighted by molar-refractivity contribution is 6.31. The summed E-state index contributed by atoms with van der Waals surface area (Å²) in [7, 11) is 0. The van der Waals surface area contributed by atoms with Gasteiger partial charge < -0.3 is 10.4 Å². The highest BCUT2D eigenvalue weighted by Crippen LogP contribution is 2.33. The van der Waals surface area contributed by atoms with Crippen molar-refractivity contribution >= 4 is 17.3 Å². The Morgan fingerprint density at radius 3 is 2.90 bits per heavy atom. The highest BCUT2D eigenvalue weighted by Gasteiger charge is 2.20. The normalized spacial score (nSPS) is 14.8. The van der Waals surface area contributed by atoms with Crippen molar-refractivity contribution in [2.75, 3.05) is 11.9 Å². The first kappa shape index (κ1) is 13.4. The predicted molar refractivity (Wildman–Crippen MR) is 78.7 cm³/mol. The fourth-order valence-corrected chi connectivity index (χ4v) is 2.87. The number of hydrogen-bond acceptors (Lipinski definition) is 2. The van der Waals surface area contributed by atoms with Gasteiger partial charge in [-0.25, -0.2) is 4.39 Å². The summed E-state index contributed by atoms with van der Waals surface area (Å²) >= 11 is 5.94. The number of hydrogen-bond donors (Lipinski definition) is 2. The third-order valence-corrected chi connectivity index (χ3v) is 4.11. The van der Waals surface area contributed by atoms with Crippen molar-refractivity contribution in [2.45, 2.75) is 18.9 Å². The number of aliphatic hydroxyl groups excluding tert-OH is 1. The number of rotatable bonds is 3. The fraction of sp³-hybridized carbons (Fsp3) is 0.250. The Morgan fingerprint density at radius 1 is 1.25 bits per heavy atom. The van der Waals surface area contributed by atoms with Gasteiger partial charge in [-0.1, -0.05) is 41.9 Å². The second kappa shape index (κ2) is 5.43. The van der Waals surface area contributed by atoms with Crippen molar-refractivity contribution in [3.63, 3.8) is 0 Å².